The molecule has 4 nitrogen and oxygen atoms in total. The molecule has 1 amide bonds. The van der Waals surface area contributed by atoms with Gasteiger partial charge in [-0.1, -0.05) is 24.3 Å². The third kappa shape index (κ3) is 3.29. The Kier molecular flexibility index (Phi) is 4.25. The van der Waals surface area contributed by atoms with E-state index in [1.165, 1.54) is 6.07 Å². The minimum Gasteiger partial charge on any atom is -0.507 e. The molecule has 0 aliphatic rings. The van der Waals surface area contributed by atoms with Gasteiger partial charge < -0.3 is 15.3 Å². The van der Waals surface area contributed by atoms with Crippen LogP contribution in [0.2, 0.25) is 0 Å². The van der Waals surface area contributed by atoms with Gasteiger partial charge >= 0.3 is 0 Å². The maximum absolute atomic E-state index is 11.9. The Balaban J connectivity index is 1.98. The van der Waals surface area contributed by atoms with Crippen LogP contribution in [0.4, 0.5) is 5.69 Å². The highest BCUT2D eigenvalue weighted by molar-refractivity contribution is 5.96. The zero-order valence-corrected chi connectivity index (χ0v) is 11.6. The number of aromatic hydroxyl groups is 1. The van der Waals surface area contributed by atoms with Crippen LogP contribution >= 0.6 is 0 Å². The summed E-state index contributed by atoms with van der Waals surface area (Å²) in [4.78, 5) is 14.0. The van der Waals surface area contributed by atoms with Crippen LogP contribution in [-0.4, -0.2) is 25.1 Å². The number of benzene rings is 2. The van der Waals surface area contributed by atoms with Gasteiger partial charge in [0.2, 0.25) is 0 Å². The number of hydrogen-bond donors (Lipinski definition) is 2. The summed E-state index contributed by atoms with van der Waals surface area (Å²) in [5.74, 6) is -0.284. The van der Waals surface area contributed by atoms with Crippen LogP contribution in [0.25, 0.3) is 0 Å². The van der Waals surface area contributed by atoms with Crippen molar-refractivity contribution in [3.8, 4) is 5.75 Å². The molecular formula is C16H18N2O2. The molecule has 0 aromatic heterocycles. The molecule has 0 fully saturated rings. The van der Waals surface area contributed by atoms with Crippen LogP contribution in [0.1, 0.15) is 15.9 Å². The van der Waals surface area contributed by atoms with Gasteiger partial charge in [-0.15, -0.1) is 0 Å². The van der Waals surface area contributed by atoms with E-state index in [2.05, 4.69) is 5.32 Å². The van der Waals surface area contributed by atoms with Crippen molar-refractivity contribution in [3.05, 3.63) is 59.7 Å². The van der Waals surface area contributed by atoms with Crippen molar-refractivity contribution in [2.75, 3.05) is 19.0 Å². The Labute approximate surface area is 118 Å². The van der Waals surface area contributed by atoms with E-state index in [9.17, 15) is 9.90 Å². The summed E-state index contributed by atoms with van der Waals surface area (Å²) in [7, 11) is 3.96. The average Bonchev–Trinajstić information content (AvgIpc) is 2.45. The van der Waals surface area contributed by atoms with Gasteiger partial charge in [0, 0.05) is 26.3 Å². The molecule has 0 aliphatic heterocycles. The average molecular weight is 270 g/mol. The van der Waals surface area contributed by atoms with Crippen molar-refractivity contribution < 1.29 is 9.90 Å². The molecular weight excluding hydrogens is 252 g/mol. The van der Waals surface area contributed by atoms with E-state index in [0.29, 0.717) is 6.54 Å². The number of nitrogens with one attached hydrogen (secondary N) is 1. The van der Waals surface area contributed by atoms with Crippen molar-refractivity contribution in [3.63, 3.8) is 0 Å². The summed E-state index contributed by atoms with van der Waals surface area (Å²) in [6, 6.07) is 14.5. The number of anilines is 1. The molecule has 0 bridgehead atoms. The number of amides is 1. The lowest BCUT2D eigenvalue weighted by molar-refractivity contribution is 0.0948. The normalized spacial score (nSPS) is 10.1. The monoisotopic (exact) mass is 270 g/mol. The fourth-order valence-corrected chi connectivity index (χ4v) is 1.86. The number of phenolic OH excluding ortho intramolecular Hbond substituents is 1. The van der Waals surface area contributed by atoms with Crippen LogP contribution in [0, 0.1) is 0 Å². The van der Waals surface area contributed by atoms with Gasteiger partial charge in [-0.05, 0) is 29.8 Å². The molecule has 2 aromatic carbocycles. The van der Waals surface area contributed by atoms with Gasteiger partial charge in [0.15, 0.2) is 0 Å². The van der Waals surface area contributed by atoms with Gasteiger partial charge in [0.05, 0.1) is 5.56 Å². The molecule has 0 aliphatic carbocycles. The number of phenols is 1. The predicted octanol–water partition coefficient (Wildman–Crippen LogP) is 2.39. The standard InChI is InChI=1S/C16H18N2O2/c1-18(2)13-9-7-12(8-10-13)11-17-16(20)14-5-3-4-6-15(14)19/h3-10,19H,11H2,1-2H3,(H,17,20). The van der Waals surface area contributed by atoms with Gasteiger partial charge in [0.1, 0.15) is 5.75 Å². The second kappa shape index (κ2) is 6.10. The zero-order valence-electron chi connectivity index (χ0n) is 11.6. The van der Waals surface area contributed by atoms with E-state index >= 15 is 0 Å². The number of carbonyl (C=O) groups is 1. The van der Waals surface area contributed by atoms with Crippen LogP contribution in [0.5, 0.6) is 5.75 Å². The highest BCUT2D eigenvalue weighted by Gasteiger charge is 2.09. The summed E-state index contributed by atoms with van der Waals surface area (Å²) >= 11 is 0. The molecule has 4 heteroatoms. The first-order chi connectivity index (χ1) is 9.58. The Hall–Kier alpha value is -2.49. The zero-order chi connectivity index (χ0) is 14.5. The van der Waals surface area contributed by atoms with Crippen LogP contribution in [0.15, 0.2) is 48.5 Å². The molecule has 0 spiro atoms. The number of hydrogen-bond acceptors (Lipinski definition) is 3. The Morgan fingerprint density at radius 3 is 2.35 bits per heavy atom. The van der Waals surface area contributed by atoms with E-state index in [4.69, 9.17) is 0 Å². The maximum Gasteiger partial charge on any atom is 0.255 e. The second-order valence-electron chi connectivity index (χ2n) is 4.76. The van der Waals surface area contributed by atoms with E-state index in [-0.39, 0.29) is 17.2 Å². The van der Waals surface area contributed by atoms with Crippen molar-refractivity contribution in [1.82, 2.24) is 5.32 Å². The number of nitrogens with zero attached hydrogens (tertiary/aromatic N) is 1. The fraction of sp³-hybridized carbons (Fsp3) is 0.188. The third-order valence-corrected chi connectivity index (χ3v) is 3.05. The van der Waals surface area contributed by atoms with E-state index < -0.39 is 0 Å². The van der Waals surface area contributed by atoms with Crippen LogP contribution < -0.4 is 10.2 Å². The molecule has 0 saturated carbocycles. The molecule has 2 rings (SSSR count). The van der Waals surface area contributed by atoms with Crippen molar-refractivity contribution in [2.24, 2.45) is 0 Å². The largest absolute Gasteiger partial charge is 0.507 e. The molecule has 0 heterocycles. The van der Waals surface area contributed by atoms with Gasteiger partial charge in [0.25, 0.3) is 5.91 Å². The lowest BCUT2D eigenvalue weighted by Gasteiger charge is -2.13. The van der Waals surface area contributed by atoms with E-state index in [1.807, 2.05) is 43.3 Å². The highest BCUT2D eigenvalue weighted by atomic mass is 16.3. The minimum atomic E-state index is -0.278. The van der Waals surface area contributed by atoms with Crippen molar-refractivity contribution in [2.45, 2.75) is 6.54 Å². The minimum absolute atomic E-state index is 0.00652. The summed E-state index contributed by atoms with van der Waals surface area (Å²) in [6.45, 7) is 0.431. The summed E-state index contributed by atoms with van der Waals surface area (Å²) in [5.41, 5.74) is 2.41. The first-order valence-electron chi connectivity index (χ1n) is 6.40. The molecule has 2 N–H and O–H groups in total. The summed E-state index contributed by atoms with van der Waals surface area (Å²) < 4.78 is 0. The Bertz CT molecular complexity index is 592. The number of rotatable bonds is 4. The summed E-state index contributed by atoms with van der Waals surface area (Å²) in [5, 5.41) is 12.4. The quantitative estimate of drug-likeness (QED) is 0.897. The lowest BCUT2D eigenvalue weighted by atomic mass is 10.1. The maximum atomic E-state index is 11.9. The van der Waals surface area contributed by atoms with Gasteiger partial charge in [-0.25, -0.2) is 0 Å². The predicted molar refractivity (Wildman–Crippen MR) is 80.0 cm³/mol. The lowest BCUT2D eigenvalue weighted by Crippen LogP contribution is -2.22. The van der Waals surface area contributed by atoms with Crippen molar-refractivity contribution >= 4 is 11.6 Å². The molecule has 20 heavy (non-hydrogen) atoms. The third-order valence-electron chi connectivity index (χ3n) is 3.05. The SMILES string of the molecule is CN(C)c1ccc(CNC(=O)c2ccccc2O)cc1. The Morgan fingerprint density at radius 1 is 1.10 bits per heavy atom. The molecule has 0 atom stereocenters. The molecule has 104 valence electrons. The highest BCUT2D eigenvalue weighted by Crippen LogP contribution is 2.16. The van der Waals surface area contributed by atoms with Crippen LogP contribution in [0.3, 0.4) is 0 Å². The molecule has 0 radical (unpaired) electrons. The van der Waals surface area contributed by atoms with E-state index in [0.717, 1.165) is 11.3 Å². The molecule has 0 saturated heterocycles. The topological polar surface area (TPSA) is 52.6 Å². The molecule has 2 aromatic rings. The van der Waals surface area contributed by atoms with E-state index in [1.54, 1.807) is 18.2 Å². The van der Waals surface area contributed by atoms with Crippen LogP contribution in [-0.2, 0) is 6.54 Å². The molecule has 0 unspecified atom stereocenters. The number of carbonyl (C=O) groups excluding carboxylic acids is 1. The van der Waals surface area contributed by atoms with Gasteiger partial charge in [-0.3, -0.25) is 4.79 Å². The Morgan fingerprint density at radius 2 is 1.75 bits per heavy atom. The second-order valence-corrected chi connectivity index (χ2v) is 4.76. The van der Waals surface area contributed by atoms with Crippen molar-refractivity contribution in [1.29, 1.82) is 0 Å². The number of para-hydroxylation sites is 1. The fourth-order valence-electron chi connectivity index (χ4n) is 1.86. The smallest absolute Gasteiger partial charge is 0.255 e. The first-order valence-corrected chi connectivity index (χ1v) is 6.40. The van der Waals surface area contributed by atoms with Gasteiger partial charge in [-0.2, -0.15) is 0 Å². The first kappa shape index (κ1) is 13.9. The summed E-state index contributed by atoms with van der Waals surface area (Å²) in [6.07, 6.45) is 0.